The van der Waals surface area contributed by atoms with Gasteiger partial charge in [-0.25, -0.2) is 0 Å². The SMILES string of the molecule is CC/C=C(/C)C(=O)N1CSC[C@@H]1C(=O)Nc1ccccc1OC. The summed E-state index contributed by atoms with van der Waals surface area (Å²) in [6, 6.07) is 6.79. The molecule has 1 saturated heterocycles. The minimum absolute atomic E-state index is 0.0722. The van der Waals surface area contributed by atoms with Crippen LogP contribution in [0.4, 0.5) is 5.69 Å². The summed E-state index contributed by atoms with van der Waals surface area (Å²) in [5, 5.41) is 2.87. The minimum atomic E-state index is -0.461. The number of carbonyl (C=O) groups is 2. The number of allylic oxidation sites excluding steroid dienone is 1. The van der Waals surface area contributed by atoms with Crippen LogP contribution in [0.5, 0.6) is 5.75 Å². The summed E-state index contributed by atoms with van der Waals surface area (Å²) in [7, 11) is 1.56. The number of carbonyl (C=O) groups excluding carboxylic acids is 2. The number of nitrogens with zero attached hydrogens (tertiary/aromatic N) is 1. The van der Waals surface area contributed by atoms with Crippen molar-refractivity contribution in [1.29, 1.82) is 0 Å². The predicted molar refractivity (Wildman–Crippen MR) is 93.6 cm³/mol. The lowest BCUT2D eigenvalue weighted by Crippen LogP contribution is -2.44. The zero-order valence-corrected chi connectivity index (χ0v) is 14.5. The fourth-order valence-corrected chi connectivity index (χ4v) is 3.60. The Balaban J connectivity index is 2.12. The van der Waals surface area contributed by atoms with Crippen molar-refractivity contribution >= 4 is 29.3 Å². The van der Waals surface area contributed by atoms with E-state index in [2.05, 4.69) is 5.32 Å². The van der Waals surface area contributed by atoms with E-state index in [4.69, 9.17) is 4.74 Å². The third-order valence-corrected chi connectivity index (χ3v) is 4.67. The Hall–Kier alpha value is -1.95. The number of nitrogens with one attached hydrogen (secondary N) is 1. The van der Waals surface area contributed by atoms with Crippen molar-refractivity contribution in [3.63, 3.8) is 0 Å². The average Bonchev–Trinajstić information content (AvgIpc) is 3.04. The highest BCUT2D eigenvalue weighted by molar-refractivity contribution is 7.99. The first-order valence-electron chi connectivity index (χ1n) is 7.57. The van der Waals surface area contributed by atoms with Gasteiger partial charge in [0, 0.05) is 11.3 Å². The fraction of sp³-hybridized carbons (Fsp3) is 0.412. The van der Waals surface area contributed by atoms with Crippen molar-refractivity contribution in [2.24, 2.45) is 0 Å². The molecule has 5 nitrogen and oxygen atoms in total. The summed E-state index contributed by atoms with van der Waals surface area (Å²) in [5.41, 5.74) is 1.30. The van der Waals surface area contributed by atoms with Crippen molar-refractivity contribution in [2.75, 3.05) is 24.1 Å². The van der Waals surface area contributed by atoms with Gasteiger partial charge in [-0.2, -0.15) is 0 Å². The Morgan fingerprint density at radius 3 is 2.87 bits per heavy atom. The van der Waals surface area contributed by atoms with Crippen molar-refractivity contribution in [2.45, 2.75) is 26.3 Å². The van der Waals surface area contributed by atoms with Crippen molar-refractivity contribution in [1.82, 2.24) is 4.90 Å². The van der Waals surface area contributed by atoms with E-state index in [0.717, 1.165) is 6.42 Å². The molecule has 0 spiro atoms. The Morgan fingerprint density at radius 1 is 1.43 bits per heavy atom. The van der Waals surface area contributed by atoms with Crippen molar-refractivity contribution < 1.29 is 14.3 Å². The average molecular weight is 334 g/mol. The van der Waals surface area contributed by atoms with E-state index < -0.39 is 6.04 Å². The van der Waals surface area contributed by atoms with Crippen LogP contribution in [0.15, 0.2) is 35.9 Å². The van der Waals surface area contributed by atoms with Gasteiger partial charge in [0.25, 0.3) is 5.91 Å². The van der Waals surface area contributed by atoms with E-state index in [1.807, 2.05) is 25.1 Å². The molecule has 2 rings (SSSR count). The lowest BCUT2D eigenvalue weighted by Gasteiger charge is -2.23. The van der Waals surface area contributed by atoms with E-state index >= 15 is 0 Å². The maximum atomic E-state index is 12.6. The van der Waals surface area contributed by atoms with Crippen LogP contribution in [0.1, 0.15) is 20.3 Å². The number of amides is 2. The maximum Gasteiger partial charge on any atom is 0.250 e. The molecule has 1 aliphatic rings. The minimum Gasteiger partial charge on any atom is -0.495 e. The molecule has 124 valence electrons. The molecule has 1 aromatic carbocycles. The number of benzene rings is 1. The number of methoxy groups -OCH3 is 1. The Labute approximate surface area is 141 Å². The van der Waals surface area contributed by atoms with E-state index in [9.17, 15) is 9.59 Å². The molecular weight excluding hydrogens is 312 g/mol. The first-order chi connectivity index (χ1) is 11.1. The van der Waals surface area contributed by atoms with Gasteiger partial charge in [-0.15, -0.1) is 11.8 Å². The topological polar surface area (TPSA) is 58.6 Å². The second-order valence-electron chi connectivity index (χ2n) is 5.28. The van der Waals surface area contributed by atoms with Gasteiger partial charge in [-0.05, 0) is 25.5 Å². The first-order valence-corrected chi connectivity index (χ1v) is 8.73. The van der Waals surface area contributed by atoms with E-state index in [1.165, 1.54) is 0 Å². The second-order valence-corrected chi connectivity index (χ2v) is 6.28. The van der Waals surface area contributed by atoms with Crippen LogP contribution in [-0.4, -0.2) is 41.5 Å². The van der Waals surface area contributed by atoms with Crippen LogP contribution < -0.4 is 10.1 Å². The van der Waals surface area contributed by atoms with E-state index in [1.54, 1.807) is 42.8 Å². The summed E-state index contributed by atoms with van der Waals surface area (Å²) in [4.78, 5) is 26.7. The molecule has 0 saturated carbocycles. The Morgan fingerprint density at radius 2 is 2.17 bits per heavy atom. The van der Waals surface area contributed by atoms with E-state index in [-0.39, 0.29) is 11.8 Å². The molecule has 0 aromatic heterocycles. The van der Waals surface area contributed by atoms with Gasteiger partial charge >= 0.3 is 0 Å². The van der Waals surface area contributed by atoms with Gasteiger partial charge in [0.05, 0.1) is 18.7 Å². The summed E-state index contributed by atoms with van der Waals surface area (Å²) >= 11 is 1.59. The molecule has 1 atom stereocenters. The number of hydrogen-bond donors (Lipinski definition) is 1. The standard InChI is InChI=1S/C17H22N2O3S/c1-4-7-12(2)17(21)19-11-23-10-14(19)16(20)18-13-8-5-6-9-15(13)22-3/h5-9,14H,4,10-11H2,1-3H3,(H,18,20)/b12-7-/t14-/m1/s1. The molecule has 1 fully saturated rings. The molecule has 0 aliphatic carbocycles. The quantitative estimate of drug-likeness (QED) is 0.841. The fourth-order valence-electron chi connectivity index (χ4n) is 2.44. The predicted octanol–water partition coefficient (Wildman–Crippen LogP) is 2.89. The zero-order chi connectivity index (χ0) is 16.8. The Kier molecular flexibility index (Phi) is 6.10. The van der Waals surface area contributed by atoms with Gasteiger partial charge < -0.3 is 15.0 Å². The zero-order valence-electron chi connectivity index (χ0n) is 13.7. The van der Waals surface area contributed by atoms with Crippen LogP contribution in [0.2, 0.25) is 0 Å². The summed E-state index contributed by atoms with van der Waals surface area (Å²) < 4.78 is 5.24. The smallest absolute Gasteiger partial charge is 0.250 e. The molecule has 23 heavy (non-hydrogen) atoms. The number of para-hydroxylation sites is 2. The monoisotopic (exact) mass is 334 g/mol. The number of hydrogen-bond acceptors (Lipinski definition) is 4. The van der Waals surface area contributed by atoms with Gasteiger partial charge in [0.1, 0.15) is 11.8 Å². The largest absolute Gasteiger partial charge is 0.495 e. The number of thioether (sulfide) groups is 1. The molecule has 1 N–H and O–H groups in total. The molecule has 2 amide bonds. The lowest BCUT2D eigenvalue weighted by molar-refractivity contribution is -0.133. The first kappa shape index (κ1) is 17.4. The molecule has 1 aromatic rings. The number of rotatable bonds is 5. The summed E-state index contributed by atoms with van der Waals surface area (Å²) in [5.74, 6) is 1.49. The van der Waals surface area contributed by atoms with Crippen LogP contribution in [0, 0.1) is 0 Å². The van der Waals surface area contributed by atoms with Crippen molar-refractivity contribution in [3.05, 3.63) is 35.9 Å². The normalized spacial score (nSPS) is 18.0. The summed E-state index contributed by atoms with van der Waals surface area (Å²) in [6.45, 7) is 3.78. The molecular formula is C17H22N2O3S. The van der Waals surface area contributed by atoms with Crippen LogP contribution >= 0.6 is 11.8 Å². The molecule has 6 heteroatoms. The molecule has 0 unspecified atom stereocenters. The van der Waals surface area contributed by atoms with Crippen LogP contribution in [0.3, 0.4) is 0 Å². The molecule has 0 radical (unpaired) electrons. The lowest BCUT2D eigenvalue weighted by atomic mass is 10.2. The van der Waals surface area contributed by atoms with Gasteiger partial charge in [-0.3, -0.25) is 9.59 Å². The van der Waals surface area contributed by atoms with Gasteiger partial charge in [0.2, 0.25) is 5.91 Å². The van der Waals surface area contributed by atoms with Crippen LogP contribution in [0.25, 0.3) is 0 Å². The van der Waals surface area contributed by atoms with Crippen molar-refractivity contribution in [3.8, 4) is 5.75 Å². The molecule has 1 heterocycles. The maximum absolute atomic E-state index is 12.6. The highest BCUT2D eigenvalue weighted by atomic mass is 32.2. The molecule has 1 aliphatic heterocycles. The highest BCUT2D eigenvalue weighted by Crippen LogP contribution is 2.27. The third kappa shape index (κ3) is 4.07. The summed E-state index contributed by atoms with van der Waals surface area (Å²) in [6.07, 6.45) is 2.69. The van der Waals surface area contributed by atoms with Gasteiger partial charge in [0.15, 0.2) is 0 Å². The van der Waals surface area contributed by atoms with Gasteiger partial charge in [-0.1, -0.05) is 25.1 Å². The third-order valence-electron chi connectivity index (χ3n) is 3.66. The second kappa shape index (κ2) is 8.06. The Bertz CT molecular complexity index is 616. The highest BCUT2D eigenvalue weighted by Gasteiger charge is 2.35. The van der Waals surface area contributed by atoms with Crippen LogP contribution in [-0.2, 0) is 9.59 Å². The number of anilines is 1. The number of ether oxygens (including phenoxy) is 1. The van der Waals surface area contributed by atoms with E-state index in [0.29, 0.717) is 28.6 Å². The molecule has 0 bridgehead atoms.